The fourth-order valence-corrected chi connectivity index (χ4v) is 7.44. The van der Waals surface area contributed by atoms with E-state index >= 15 is 0 Å². The molecule has 0 aromatic carbocycles. The molecule has 35 heavy (non-hydrogen) atoms. The maximum absolute atomic E-state index is 11.4. The lowest BCUT2D eigenvalue weighted by Crippen LogP contribution is -2.45. The fourth-order valence-electron chi connectivity index (χ4n) is 4.68. The predicted octanol–water partition coefficient (Wildman–Crippen LogP) is 7.90. The largest absolute Gasteiger partial charge is 0.469 e. The number of carbonyl (C=O) groups is 2. The third-order valence-electron chi connectivity index (χ3n) is 8.99. The van der Waals surface area contributed by atoms with Crippen LogP contribution in [0.4, 0.5) is 0 Å². The van der Waals surface area contributed by atoms with Gasteiger partial charge in [-0.3, -0.25) is 4.79 Å². The zero-order valence-corrected chi connectivity index (χ0v) is 26.8. The van der Waals surface area contributed by atoms with Gasteiger partial charge < -0.3 is 18.4 Å². The second-order valence-electron chi connectivity index (χ2n) is 13.7. The Balaban J connectivity index is 3.06. The number of rotatable bonds is 14. The van der Waals surface area contributed by atoms with Crippen LogP contribution < -0.4 is 0 Å². The molecule has 1 aliphatic rings. The Hall–Kier alpha value is -0.506. The van der Waals surface area contributed by atoms with E-state index < -0.39 is 16.6 Å². The summed E-state index contributed by atoms with van der Waals surface area (Å²) in [4.78, 5) is 22.8. The maximum atomic E-state index is 11.4. The smallest absolute Gasteiger partial charge is 0.305 e. The number of hydrogen-bond acceptors (Lipinski definition) is 5. The van der Waals surface area contributed by atoms with Gasteiger partial charge in [0.1, 0.15) is 6.29 Å². The van der Waals surface area contributed by atoms with Gasteiger partial charge in [-0.2, -0.15) is 0 Å². The molecule has 7 heteroatoms. The van der Waals surface area contributed by atoms with Crippen LogP contribution in [0.2, 0.25) is 36.3 Å². The topological polar surface area (TPSA) is 61.8 Å². The van der Waals surface area contributed by atoms with Crippen LogP contribution in [-0.4, -0.2) is 48.2 Å². The van der Waals surface area contributed by atoms with Crippen LogP contribution in [-0.2, 0) is 23.2 Å². The molecule has 1 aliphatic carbocycles. The van der Waals surface area contributed by atoms with Gasteiger partial charge >= 0.3 is 5.97 Å². The Bertz CT molecular complexity index is 663. The molecule has 0 aromatic heterocycles. The summed E-state index contributed by atoms with van der Waals surface area (Å²) < 4.78 is 18.9. The maximum Gasteiger partial charge on any atom is 0.305 e. The zero-order chi connectivity index (χ0) is 27.1. The van der Waals surface area contributed by atoms with E-state index in [0.717, 1.165) is 51.2 Å². The standard InChI is InChI=1S/C28H56O5Si2/c1-27(2,3)34(8,9)32-24-21-25(33-35(10,11)28(4,5)6)23(18-16-20-29)22(24)17-14-12-13-15-19-26(30)31-7/h20,22-25H,12-19,21H2,1-11H3/t22-,23-,24+,25-/m1/s1. The quantitative estimate of drug-likeness (QED) is 0.0992. The van der Waals surface area contributed by atoms with E-state index in [0.29, 0.717) is 24.7 Å². The number of carbonyl (C=O) groups excluding carboxylic acids is 2. The minimum atomic E-state index is -1.95. The average Bonchev–Trinajstić information content (AvgIpc) is 3.01. The number of unbranched alkanes of at least 4 members (excludes halogenated alkanes) is 3. The molecule has 1 fully saturated rings. The zero-order valence-electron chi connectivity index (χ0n) is 24.8. The SMILES string of the molecule is COC(=O)CCCCCC[C@@H]1[C@@H](CCC=O)[C@H](O[Si](C)(C)C(C)(C)C)C[C@@H]1O[Si](C)(C)C(C)(C)C. The highest BCUT2D eigenvalue weighted by atomic mass is 28.4. The molecule has 0 amide bonds. The third kappa shape index (κ3) is 9.71. The highest BCUT2D eigenvalue weighted by molar-refractivity contribution is 6.74. The molecule has 0 radical (unpaired) electrons. The summed E-state index contributed by atoms with van der Waals surface area (Å²) in [6.45, 7) is 23.2. The van der Waals surface area contributed by atoms with Gasteiger partial charge in [0.2, 0.25) is 0 Å². The highest BCUT2D eigenvalue weighted by Gasteiger charge is 2.50. The summed E-state index contributed by atoms with van der Waals surface area (Å²) in [5.41, 5.74) is 0. The molecular formula is C28H56O5Si2. The van der Waals surface area contributed by atoms with Crippen molar-refractivity contribution in [2.45, 2.75) is 148 Å². The van der Waals surface area contributed by atoms with E-state index in [9.17, 15) is 9.59 Å². The van der Waals surface area contributed by atoms with Crippen molar-refractivity contribution in [2.24, 2.45) is 11.8 Å². The average molecular weight is 529 g/mol. The van der Waals surface area contributed by atoms with E-state index in [4.69, 9.17) is 13.6 Å². The molecule has 1 saturated carbocycles. The van der Waals surface area contributed by atoms with Gasteiger partial charge in [0, 0.05) is 12.8 Å². The predicted molar refractivity (Wildman–Crippen MR) is 151 cm³/mol. The molecule has 0 heterocycles. The molecule has 4 atom stereocenters. The first-order valence-electron chi connectivity index (χ1n) is 13.8. The molecule has 0 aromatic rings. The minimum absolute atomic E-state index is 0.122. The second-order valence-corrected chi connectivity index (χ2v) is 23.2. The Kier molecular flexibility index (Phi) is 12.4. The lowest BCUT2D eigenvalue weighted by Gasteiger charge is -2.40. The molecule has 0 N–H and O–H groups in total. The first-order chi connectivity index (χ1) is 16.0. The molecule has 206 valence electrons. The number of aldehydes is 1. The van der Waals surface area contributed by atoms with E-state index in [-0.39, 0.29) is 28.3 Å². The van der Waals surface area contributed by atoms with Crippen LogP contribution in [0.15, 0.2) is 0 Å². The van der Waals surface area contributed by atoms with Gasteiger partial charge in [0.25, 0.3) is 0 Å². The summed E-state index contributed by atoms with van der Waals surface area (Å²) in [6.07, 6.45) is 9.57. The fraction of sp³-hybridized carbons (Fsp3) is 0.929. The molecular weight excluding hydrogens is 472 g/mol. The van der Waals surface area contributed by atoms with Crippen LogP contribution in [0.1, 0.15) is 99.3 Å². The Morgan fingerprint density at radius 2 is 1.26 bits per heavy atom. The van der Waals surface area contributed by atoms with Crippen molar-refractivity contribution < 1.29 is 23.2 Å². The number of ether oxygens (including phenoxy) is 1. The minimum Gasteiger partial charge on any atom is -0.469 e. The first-order valence-corrected chi connectivity index (χ1v) is 19.6. The second kappa shape index (κ2) is 13.3. The number of hydrogen-bond donors (Lipinski definition) is 0. The van der Waals surface area contributed by atoms with Crippen molar-refractivity contribution >= 4 is 28.9 Å². The van der Waals surface area contributed by atoms with Gasteiger partial charge in [-0.25, -0.2) is 0 Å². The number of methoxy groups -OCH3 is 1. The van der Waals surface area contributed by atoms with Crippen molar-refractivity contribution in [1.29, 1.82) is 0 Å². The summed E-state index contributed by atoms with van der Waals surface area (Å²) >= 11 is 0. The molecule has 0 saturated heterocycles. The van der Waals surface area contributed by atoms with E-state index in [1.54, 1.807) is 0 Å². The lowest BCUT2D eigenvalue weighted by molar-refractivity contribution is -0.140. The van der Waals surface area contributed by atoms with Crippen molar-refractivity contribution in [3.8, 4) is 0 Å². The molecule has 0 aliphatic heterocycles. The summed E-state index contributed by atoms with van der Waals surface area (Å²) in [6, 6.07) is 0. The van der Waals surface area contributed by atoms with E-state index in [1.807, 2.05) is 0 Å². The van der Waals surface area contributed by atoms with Crippen LogP contribution in [0.5, 0.6) is 0 Å². The van der Waals surface area contributed by atoms with Crippen molar-refractivity contribution in [3.63, 3.8) is 0 Å². The van der Waals surface area contributed by atoms with Crippen molar-refractivity contribution in [2.75, 3.05) is 7.11 Å². The Morgan fingerprint density at radius 3 is 1.69 bits per heavy atom. The highest BCUT2D eigenvalue weighted by Crippen LogP contribution is 2.48. The molecule has 0 spiro atoms. The normalized spacial score (nSPS) is 24.0. The molecule has 5 nitrogen and oxygen atoms in total. The van der Waals surface area contributed by atoms with Crippen LogP contribution in [0.3, 0.4) is 0 Å². The Morgan fingerprint density at radius 1 is 0.800 bits per heavy atom. The first kappa shape index (κ1) is 32.5. The van der Waals surface area contributed by atoms with Gasteiger partial charge in [-0.1, -0.05) is 60.8 Å². The molecule has 0 bridgehead atoms. The lowest BCUT2D eigenvalue weighted by atomic mass is 9.85. The number of esters is 1. The molecule has 1 rings (SSSR count). The summed E-state index contributed by atoms with van der Waals surface area (Å²) in [7, 11) is -2.43. The Labute approximate surface area is 218 Å². The van der Waals surface area contributed by atoms with Crippen molar-refractivity contribution in [1.82, 2.24) is 0 Å². The van der Waals surface area contributed by atoms with Gasteiger partial charge in [-0.15, -0.1) is 0 Å². The monoisotopic (exact) mass is 528 g/mol. The molecule has 0 unspecified atom stereocenters. The summed E-state index contributed by atoms with van der Waals surface area (Å²) in [5.74, 6) is 0.654. The van der Waals surface area contributed by atoms with Gasteiger partial charge in [0.15, 0.2) is 16.6 Å². The van der Waals surface area contributed by atoms with Crippen LogP contribution >= 0.6 is 0 Å². The third-order valence-corrected chi connectivity index (χ3v) is 18.0. The van der Waals surface area contributed by atoms with Crippen molar-refractivity contribution in [3.05, 3.63) is 0 Å². The van der Waals surface area contributed by atoms with Crippen LogP contribution in [0.25, 0.3) is 0 Å². The van der Waals surface area contributed by atoms with E-state index in [2.05, 4.69) is 67.7 Å². The van der Waals surface area contributed by atoms with Crippen LogP contribution in [0, 0.1) is 11.8 Å². The van der Waals surface area contributed by atoms with Gasteiger partial charge in [0.05, 0.1) is 19.3 Å². The van der Waals surface area contributed by atoms with E-state index in [1.165, 1.54) is 7.11 Å². The van der Waals surface area contributed by atoms with Gasteiger partial charge in [-0.05, 0) is 73.8 Å². The summed E-state index contributed by atoms with van der Waals surface area (Å²) in [5, 5.41) is 0.303.